The molecule has 0 unspecified atom stereocenters. The standard InChI is InChI=1S/C26H24FN3O4/c1-15-19(10-16-11-21(33-2)25(32)22(12-16)34-3)18-7-9-29-26(27)24(18)20(15)13-23(31)30-14-17-6-4-5-8-28-17/h4-12,32H,13-14H2,1-3H3,(H,30,31). The van der Waals surface area contributed by atoms with Crippen molar-refractivity contribution in [3.05, 3.63) is 82.7 Å². The van der Waals surface area contributed by atoms with Crippen molar-refractivity contribution in [3.8, 4) is 17.2 Å². The maximum absolute atomic E-state index is 14.8. The number of hydrogen-bond donors (Lipinski definition) is 2. The van der Waals surface area contributed by atoms with Crippen LogP contribution in [0.3, 0.4) is 0 Å². The van der Waals surface area contributed by atoms with Crippen molar-refractivity contribution in [2.24, 2.45) is 0 Å². The molecule has 4 rings (SSSR count). The van der Waals surface area contributed by atoms with Crippen molar-refractivity contribution < 1.29 is 23.8 Å². The Hall–Kier alpha value is -4.20. The number of amides is 1. The fourth-order valence-electron chi connectivity index (χ4n) is 3.99. The van der Waals surface area contributed by atoms with Gasteiger partial charge in [-0.05, 0) is 71.2 Å². The number of phenolic OH excluding ortho intramolecular Hbond substituents is 1. The molecule has 2 aromatic heterocycles. The van der Waals surface area contributed by atoms with Gasteiger partial charge in [0.25, 0.3) is 0 Å². The van der Waals surface area contributed by atoms with Crippen LogP contribution in [0.5, 0.6) is 17.2 Å². The number of nitrogens with one attached hydrogen (secondary N) is 1. The summed E-state index contributed by atoms with van der Waals surface area (Å²) < 4.78 is 25.3. The van der Waals surface area contributed by atoms with Crippen LogP contribution in [0.4, 0.5) is 4.39 Å². The molecule has 0 bridgehead atoms. The topological polar surface area (TPSA) is 93.6 Å². The van der Waals surface area contributed by atoms with E-state index in [1.54, 1.807) is 30.5 Å². The molecule has 1 aliphatic rings. The number of ether oxygens (including phenoxy) is 2. The van der Waals surface area contributed by atoms with E-state index >= 15 is 0 Å². The maximum atomic E-state index is 14.8. The second kappa shape index (κ2) is 9.74. The third kappa shape index (κ3) is 4.47. The smallest absolute Gasteiger partial charge is 0.224 e. The third-order valence-corrected chi connectivity index (χ3v) is 5.70. The summed E-state index contributed by atoms with van der Waals surface area (Å²) in [4.78, 5) is 20.7. The van der Waals surface area contributed by atoms with Gasteiger partial charge >= 0.3 is 0 Å². The predicted octanol–water partition coefficient (Wildman–Crippen LogP) is 4.37. The zero-order chi connectivity index (χ0) is 24.2. The first-order valence-electron chi connectivity index (χ1n) is 10.6. The highest BCUT2D eigenvalue weighted by atomic mass is 19.1. The Morgan fingerprint density at radius 1 is 1.12 bits per heavy atom. The number of benzene rings is 1. The van der Waals surface area contributed by atoms with Gasteiger partial charge in [0.05, 0.1) is 32.9 Å². The first-order valence-corrected chi connectivity index (χ1v) is 10.6. The number of carbonyl (C=O) groups is 1. The normalized spacial score (nSPS) is 13.7. The van der Waals surface area contributed by atoms with Crippen LogP contribution in [0.15, 0.2) is 54.4 Å². The average molecular weight is 461 g/mol. The van der Waals surface area contributed by atoms with Gasteiger partial charge in [-0.3, -0.25) is 9.78 Å². The number of nitrogens with zero attached hydrogens (tertiary/aromatic N) is 2. The Balaban J connectivity index is 1.69. The second-order valence-electron chi connectivity index (χ2n) is 7.73. The first-order chi connectivity index (χ1) is 16.4. The number of aromatic nitrogens is 2. The number of phenols is 1. The van der Waals surface area contributed by atoms with Crippen LogP contribution < -0.4 is 14.8 Å². The quantitative estimate of drug-likeness (QED) is 0.508. The summed E-state index contributed by atoms with van der Waals surface area (Å²) in [6, 6.07) is 10.5. The minimum Gasteiger partial charge on any atom is -0.502 e. The van der Waals surface area contributed by atoms with Gasteiger partial charge in [0.15, 0.2) is 11.5 Å². The number of fused-ring (bicyclic) bond motifs is 1. The molecule has 0 radical (unpaired) electrons. The molecule has 1 aromatic carbocycles. The number of methoxy groups -OCH3 is 2. The van der Waals surface area contributed by atoms with E-state index in [0.717, 1.165) is 16.8 Å². The highest BCUT2D eigenvalue weighted by Gasteiger charge is 2.29. The molecule has 34 heavy (non-hydrogen) atoms. The highest BCUT2D eigenvalue weighted by molar-refractivity contribution is 6.08. The van der Waals surface area contributed by atoms with Crippen LogP contribution in [0.25, 0.3) is 17.2 Å². The largest absolute Gasteiger partial charge is 0.502 e. The van der Waals surface area contributed by atoms with E-state index in [4.69, 9.17) is 9.47 Å². The number of rotatable bonds is 7. The number of allylic oxidation sites excluding steroid dienone is 2. The maximum Gasteiger partial charge on any atom is 0.224 e. The molecule has 0 spiro atoms. The average Bonchev–Trinajstić information content (AvgIpc) is 3.11. The van der Waals surface area contributed by atoms with Crippen molar-refractivity contribution in [2.75, 3.05) is 14.2 Å². The van der Waals surface area contributed by atoms with E-state index < -0.39 is 5.95 Å². The van der Waals surface area contributed by atoms with Crippen LogP contribution in [0.2, 0.25) is 0 Å². The number of hydrogen-bond acceptors (Lipinski definition) is 6. The molecule has 0 saturated heterocycles. The van der Waals surface area contributed by atoms with E-state index in [1.807, 2.05) is 25.1 Å². The molecule has 174 valence electrons. The highest BCUT2D eigenvalue weighted by Crippen LogP contribution is 2.45. The minimum atomic E-state index is -0.631. The Kier molecular flexibility index (Phi) is 6.58. The van der Waals surface area contributed by atoms with Crippen LogP contribution in [0.1, 0.15) is 35.7 Å². The van der Waals surface area contributed by atoms with Gasteiger partial charge in [-0.2, -0.15) is 4.39 Å². The number of halogens is 1. The van der Waals surface area contributed by atoms with Gasteiger partial charge in [-0.15, -0.1) is 0 Å². The summed E-state index contributed by atoms with van der Waals surface area (Å²) in [5.74, 6) is -0.481. The molecule has 3 aromatic rings. The lowest BCUT2D eigenvalue weighted by Gasteiger charge is -2.10. The first kappa shape index (κ1) is 23.0. The van der Waals surface area contributed by atoms with Crippen LogP contribution in [-0.2, 0) is 11.3 Å². The van der Waals surface area contributed by atoms with Gasteiger partial charge in [0.2, 0.25) is 17.6 Å². The SMILES string of the molecule is COc1cc(C=C2C(C)=C(CC(=O)NCc3ccccn3)c3c2ccnc3F)cc(OC)c1O. The van der Waals surface area contributed by atoms with Gasteiger partial charge in [0, 0.05) is 18.0 Å². The van der Waals surface area contributed by atoms with Crippen molar-refractivity contribution in [2.45, 2.75) is 19.9 Å². The van der Waals surface area contributed by atoms with Crippen molar-refractivity contribution in [1.29, 1.82) is 0 Å². The van der Waals surface area contributed by atoms with E-state index in [9.17, 15) is 14.3 Å². The Morgan fingerprint density at radius 2 is 1.85 bits per heavy atom. The fourth-order valence-corrected chi connectivity index (χ4v) is 3.99. The molecule has 7 nitrogen and oxygen atoms in total. The third-order valence-electron chi connectivity index (χ3n) is 5.70. The van der Waals surface area contributed by atoms with E-state index in [1.165, 1.54) is 20.4 Å². The molecule has 0 fully saturated rings. The molecule has 2 heterocycles. The molecule has 0 saturated carbocycles. The van der Waals surface area contributed by atoms with E-state index in [2.05, 4.69) is 15.3 Å². The molecule has 1 aliphatic carbocycles. The predicted molar refractivity (Wildman–Crippen MR) is 127 cm³/mol. The van der Waals surface area contributed by atoms with Gasteiger partial charge in [0.1, 0.15) is 0 Å². The van der Waals surface area contributed by atoms with Crippen LogP contribution in [-0.4, -0.2) is 35.2 Å². The summed E-state index contributed by atoms with van der Waals surface area (Å²) >= 11 is 0. The van der Waals surface area contributed by atoms with Gasteiger partial charge in [-0.25, -0.2) is 4.98 Å². The minimum absolute atomic E-state index is 0.00611. The van der Waals surface area contributed by atoms with E-state index in [0.29, 0.717) is 22.3 Å². The summed E-state index contributed by atoms with van der Waals surface area (Å²) in [7, 11) is 2.90. The summed E-state index contributed by atoms with van der Waals surface area (Å²) in [6.45, 7) is 2.13. The molecule has 0 atom stereocenters. The number of carbonyl (C=O) groups excluding carboxylic acids is 1. The van der Waals surface area contributed by atoms with Gasteiger partial charge in [-0.1, -0.05) is 6.07 Å². The summed E-state index contributed by atoms with van der Waals surface area (Å²) in [6.07, 6.45) is 4.90. The number of aromatic hydroxyl groups is 1. The lowest BCUT2D eigenvalue weighted by molar-refractivity contribution is -0.120. The summed E-state index contributed by atoms with van der Waals surface area (Å²) in [5, 5.41) is 13.0. The van der Waals surface area contributed by atoms with Crippen molar-refractivity contribution in [3.63, 3.8) is 0 Å². The fraction of sp³-hybridized carbons (Fsp3) is 0.192. The molecule has 0 aliphatic heterocycles. The van der Waals surface area contributed by atoms with Crippen LogP contribution >= 0.6 is 0 Å². The zero-order valence-corrected chi connectivity index (χ0v) is 19.1. The molecule has 2 N–H and O–H groups in total. The molecule has 1 amide bonds. The lowest BCUT2D eigenvalue weighted by atomic mass is 10.0. The molecular weight excluding hydrogens is 437 g/mol. The zero-order valence-electron chi connectivity index (χ0n) is 19.1. The Bertz CT molecular complexity index is 1280. The lowest BCUT2D eigenvalue weighted by Crippen LogP contribution is -2.23. The van der Waals surface area contributed by atoms with Crippen molar-refractivity contribution >= 4 is 23.1 Å². The van der Waals surface area contributed by atoms with Crippen molar-refractivity contribution in [1.82, 2.24) is 15.3 Å². The monoisotopic (exact) mass is 461 g/mol. The van der Waals surface area contributed by atoms with Crippen LogP contribution in [0, 0.1) is 5.95 Å². The molecular formula is C26H24FN3O4. The summed E-state index contributed by atoms with van der Waals surface area (Å²) in [5.41, 5.74) is 4.46. The molecule has 8 heteroatoms. The van der Waals surface area contributed by atoms with Gasteiger partial charge < -0.3 is 19.9 Å². The Morgan fingerprint density at radius 3 is 2.50 bits per heavy atom. The van der Waals surface area contributed by atoms with E-state index in [-0.39, 0.29) is 36.1 Å². The Labute approximate surface area is 196 Å². The second-order valence-corrected chi connectivity index (χ2v) is 7.73. The number of pyridine rings is 2.